The minimum Gasteiger partial charge on any atom is -0.352 e. The molecule has 0 atom stereocenters. The van der Waals surface area contributed by atoms with Gasteiger partial charge in [0, 0.05) is 24.9 Å². The van der Waals surface area contributed by atoms with Crippen molar-refractivity contribution >= 4 is 17.5 Å². The molecule has 2 N–H and O–H groups in total. The Morgan fingerprint density at radius 3 is 2.46 bits per heavy atom. The third kappa shape index (κ3) is 5.02. The Bertz CT molecular complexity index is 800. The summed E-state index contributed by atoms with van der Waals surface area (Å²) in [6, 6.07) is 17.8. The molecule has 0 saturated carbocycles. The third-order valence-corrected chi connectivity index (χ3v) is 4.42. The molecule has 2 amide bonds. The molecule has 3 rings (SSSR count). The van der Waals surface area contributed by atoms with Gasteiger partial charge in [0.25, 0.3) is 0 Å². The maximum absolute atomic E-state index is 12.0. The average molecular weight is 349 g/mol. The van der Waals surface area contributed by atoms with Gasteiger partial charge in [0.2, 0.25) is 11.8 Å². The quantitative estimate of drug-likeness (QED) is 0.787. The summed E-state index contributed by atoms with van der Waals surface area (Å²) in [6.45, 7) is 0.473. The molecule has 2 aromatic rings. The van der Waals surface area contributed by atoms with Crippen LogP contribution < -0.4 is 10.7 Å². The zero-order valence-corrected chi connectivity index (χ0v) is 14.7. The number of hydrogen-bond donors (Lipinski definition) is 2. The van der Waals surface area contributed by atoms with Crippen LogP contribution in [0.4, 0.5) is 0 Å². The van der Waals surface area contributed by atoms with Crippen LogP contribution in [0.25, 0.3) is 0 Å². The van der Waals surface area contributed by atoms with Gasteiger partial charge in [-0.25, -0.2) is 5.43 Å². The fourth-order valence-corrected chi connectivity index (χ4v) is 3.01. The highest BCUT2D eigenvalue weighted by atomic mass is 16.2. The normalized spacial score (nSPS) is 14.5. The van der Waals surface area contributed by atoms with Crippen LogP contribution in [0.1, 0.15) is 42.4 Å². The van der Waals surface area contributed by atoms with Crippen molar-refractivity contribution in [3.63, 3.8) is 0 Å². The lowest BCUT2D eigenvalue weighted by Gasteiger charge is -2.17. The van der Waals surface area contributed by atoms with Gasteiger partial charge in [-0.05, 0) is 30.4 Å². The van der Waals surface area contributed by atoms with Crippen LogP contribution in [0.2, 0.25) is 0 Å². The predicted octanol–water partition coefficient (Wildman–Crippen LogP) is 2.94. The van der Waals surface area contributed by atoms with E-state index in [9.17, 15) is 9.59 Å². The molecule has 1 aliphatic rings. The van der Waals surface area contributed by atoms with E-state index in [1.807, 2.05) is 48.5 Å². The first-order valence-electron chi connectivity index (χ1n) is 8.96. The number of nitrogens with zero attached hydrogens (tertiary/aromatic N) is 1. The molecular formula is C21H23N3O2. The Hall–Kier alpha value is -2.95. The van der Waals surface area contributed by atoms with Crippen LogP contribution in [0.5, 0.6) is 0 Å². The van der Waals surface area contributed by atoms with E-state index in [0.717, 1.165) is 36.1 Å². The summed E-state index contributed by atoms with van der Waals surface area (Å²) in [5.74, 6) is -0.380. The summed E-state index contributed by atoms with van der Waals surface area (Å²) in [5.41, 5.74) is 6.92. The number of carbonyl (C=O) groups is 2. The van der Waals surface area contributed by atoms with Crippen LogP contribution in [0.15, 0.2) is 59.7 Å². The highest BCUT2D eigenvalue weighted by Crippen LogP contribution is 2.21. The molecule has 5 nitrogen and oxygen atoms in total. The van der Waals surface area contributed by atoms with Gasteiger partial charge < -0.3 is 5.32 Å². The first-order valence-corrected chi connectivity index (χ1v) is 8.96. The minimum absolute atomic E-state index is 0.124. The molecule has 0 fully saturated rings. The number of fused-ring (bicyclic) bond motifs is 1. The Morgan fingerprint density at radius 2 is 1.62 bits per heavy atom. The molecule has 134 valence electrons. The van der Waals surface area contributed by atoms with Crippen LogP contribution in [0, 0.1) is 0 Å². The molecule has 1 aliphatic carbocycles. The van der Waals surface area contributed by atoms with E-state index in [2.05, 4.69) is 21.9 Å². The molecule has 0 saturated heterocycles. The second-order valence-corrected chi connectivity index (χ2v) is 6.37. The Balaban J connectivity index is 1.44. The Morgan fingerprint density at radius 1 is 0.885 bits per heavy atom. The molecule has 0 bridgehead atoms. The van der Waals surface area contributed by atoms with Crippen LogP contribution in [-0.4, -0.2) is 17.5 Å². The van der Waals surface area contributed by atoms with E-state index >= 15 is 0 Å². The largest absolute Gasteiger partial charge is 0.352 e. The summed E-state index contributed by atoms with van der Waals surface area (Å²) in [7, 11) is 0. The van der Waals surface area contributed by atoms with Crippen molar-refractivity contribution in [1.82, 2.24) is 10.7 Å². The van der Waals surface area contributed by atoms with E-state index in [1.54, 1.807) is 0 Å². The summed E-state index contributed by atoms with van der Waals surface area (Å²) in [6.07, 6.45) is 3.21. The molecule has 0 unspecified atom stereocenters. The maximum Gasteiger partial charge on any atom is 0.240 e. The summed E-state index contributed by atoms with van der Waals surface area (Å²) < 4.78 is 0. The number of amides is 2. The van der Waals surface area contributed by atoms with Crippen molar-refractivity contribution in [2.75, 3.05) is 0 Å². The number of rotatable bonds is 6. The van der Waals surface area contributed by atoms with E-state index in [4.69, 9.17) is 0 Å². The monoisotopic (exact) mass is 349 g/mol. The van der Waals surface area contributed by atoms with Gasteiger partial charge in [-0.1, -0.05) is 54.6 Å². The van der Waals surface area contributed by atoms with Gasteiger partial charge in [-0.2, -0.15) is 5.10 Å². The lowest BCUT2D eigenvalue weighted by Crippen LogP contribution is -2.26. The number of benzene rings is 2. The number of hydrazone groups is 1. The van der Waals surface area contributed by atoms with Crippen molar-refractivity contribution in [2.24, 2.45) is 5.10 Å². The van der Waals surface area contributed by atoms with Gasteiger partial charge >= 0.3 is 0 Å². The topological polar surface area (TPSA) is 70.6 Å². The summed E-state index contributed by atoms with van der Waals surface area (Å²) in [5, 5.41) is 7.10. The van der Waals surface area contributed by atoms with Gasteiger partial charge in [-0.3, -0.25) is 9.59 Å². The van der Waals surface area contributed by atoms with Crippen molar-refractivity contribution in [3.05, 3.63) is 71.3 Å². The SMILES string of the molecule is O=C(CCC(=O)N/N=C1/CCCc2ccccc21)NCc1ccccc1. The predicted molar refractivity (Wildman–Crippen MR) is 102 cm³/mol. The first kappa shape index (κ1) is 17.9. The van der Waals surface area contributed by atoms with Crippen molar-refractivity contribution in [2.45, 2.75) is 38.6 Å². The average Bonchev–Trinajstić information content (AvgIpc) is 2.70. The fourth-order valence-electron chi connectivity index (χ4n) is 3.01. The molecule has 0 aliphatic heterocycles. The van der Waals surface area contributed by atoms with Gasteiger partial charge in [0.05, 0.1) is 5.71 Å². The third-order valence-electron chi connectivity index (χ3n) is 4.42. The first-order chi connectivity index (χ1) is 12.7. The summed E-state index contributed by atoms with van der Waals surface area (Å²) in [4.78, 5) is 23.8. The summed E-state index contributed by atoms with van der Waals surface area (Å²) >= 11 is 0. The number of carbonyl (C=O) groups excluding carboxylic acids is 2. The van der Waals surface area contributed by atoms with Crippen LogP contribution >= 0.6 is 0 Å². The maximum atomic E-state index is 12.0. The number of nitrogens with one attached hydrogen (secondary N) is 2. The van der Waals surface area contributed by atoms with Gasteiger partial charge in [-0.15, -0.1) is 0 Å². The van der Waals surface area contributed by atoms with Crippen LogP contribution in [-0.2, 0) is 22.6 Å². The smallest absolute Gasteiger partial charge is 0.240 e. The lowest BCUT2D eigenvalue weighted by molar-refractivity contribution is -0.126. The van der Waals surface area contributed by atoms with Crippen molar-refractivity contribution in [3.8, 4) is 0 Å². The Kier molecular flexibility index (Phi) is 6.14. The second kappa shape index (κ2) is 8.94. The molecule has 0 aromatic heterocycles. The standard InChI is InChI=1S/C21H23N3O2/c25-20(22-15-16-7-2-1-3-8-16)13-14-21(26)24-23-19-12-6-10-17-9-4-5-11-18(17)19/h1-5,7-9,11H,6,10,12-15H2,(H,22,25)(H,24,26)/b23-19-. The van der Waals surface area contributed by atoms with Crippen molar-refractivity contribution in [1.29, 1.82) is 0 Å². The minimum atomic E-state index is -0.240. The van der Waals surface area contributed by atoms with E-state index in [0.29, 0.717) is 6.54 Å². The molecule has 0 spiro atoms. The molecule has 0 radical (unpaired) electrons. The molecule has 0 heterocycles. The van der Waals surface area contributed by atoms with Crippen LogP contribution in [0.3, 0.4) is 0 Å². The highest BCUT2D eigenvalue weighted by molar-refractivity contribution is 6.03. The zero-order chi connectivity index (χ0) is 18.2. The Labute approximate surface area is 153 Å². The fraction of sp³-hybridized carbons (Fsp3) is 0.286. The molecule has 2 aromatic carbocycles. The van der Waals surface area contributed by atoms with Crippen molar-refractivity contribution < 1.29 is 9.59 Å². The number of hydrogen-bond acceptors (Lipinski definition) is 3. The molecular weight excluding hydrogens is 326 g/mol. The highest BCUT2D eigenvalue weighted by Gasteiger charge is 2.15. The second-order valence-electron chi connectivity index (χ2n) is 6.37. The number of aryl methyl sites for hydroxylation is 1. The zero-order valence-electron chi connectivity index (χ0n) is 14.7. The molecule has 26 heavy (non-hydrogen) atoms. The van der Waals surface area contributed by atoms with E-state index in [1.165, 1.54) is 5.56 Å². The molecule has 5 heteroatoms. The van der Waals surface area contributed by atoms with E-state index < -0.39 is 0 Å². The van der Waals surface area contributed by atoms with Gasteiger partial charge in [0.15, 0.2) is 0 Å². The van der Waals surface area contributed by atoms with Gasteiger partial charge in [0.1, 0.15) is 0 Å². The lowest BCUT2D eigenvalue weighted by atomic mass is 9.90. The van der Waals surface area contributed by atoms with E-state index in [-0.39, 0.29) is 24.7 Å².